The van der Waals surface area contributed by atoms with Crippen LogP contribution in [0.1, 0.15) is 0 Å². The van der Waals surface area contributed by atoms with Crippen molar-refractivity contribution in [1.82, 2.24) is 34.4 Å². The summed E-state index contributed by atoms with van der Waals surface area (Å²) in [5.41, 5.74) is 9.42. The summed E-state index contributed by atoms with van der Waals surface area (Å²) >= 11 is 6.39. The summed E-state index contributed by atoms with van der Waals surface area (Å²) < 4.78 is 16.7. The Morgan fingerprint density at radius 2 is 1.89 bits per heavy atom. The van der Waals surface area contributed by atoms with Crippen molar-refractivity contribution in [3.05, 3.63) is 59.8 Å². The number of hydrogen-bond acceptors (Lipinski definition) is 6. The number of hydrogen-bond donors (Lipinski definition) is 1. The third-order valence-corrected chi connectivity index (χ3v) is 4.48. The Bertz CT molecular complexity index is 1310. The van der Waals surface area contributed by atoms with Gasteiger partial charge < -0.3 is 10.1 Å². The largest absolute Gasteiger partial charge is 0.380 e. The van der Waals surface area contributed by atoms with Crippen LogP contribution < -0.4 is 5.73 Å². The van der Waals surface area contributed by atoms with E-state index in [-0.39, 0.29) is 11.6 Å². The molecule has 0 spiro atoms. The van der Waals surface area contributed by atoms with E-state index in [1.54, 1.807) is 35.0 Å². The van der Waals surface area contributed by atoms with E-state index in [0.717, 1.165) is 0 Å². The van der Waals surface area contributed by atoms with Crippen LogP contribution in [-0.4, -0.2) is 34.4 Å². The normalized spacial score (nSPS) is 11.5. The molecule has 0 fully saturated rings. The predicted molar refractivity (Wildman–Crippen MR) is 97.6 cm³/mol. The highest BCUT2D eigenvalue weighted by Crippen LogP contribution is 2.34. The van der Waals surface area contributed by atoms with Crippen LogP contribution in [0.2, 0.25) is 5.02 Å². The van der Waals surface area contributed by atoms with Crippen molar-refractivity contribution in [2.75, 3.05) is 5.73 Å². The summed E-state index contributed by atoms with van der Waals surface area (Å²) in [6, 6.07) is 7.70. The first-order valence-electron chi connectivity index (χ1n) is 7.88. The number of fused-ring (bicyclic) bond motifs is 2. The van der Waals surface area contributed by atoms with Gasteiger partial charge in [0, 0.05) is 29.7 Å². The van der Waals surface area contributed by atoms with E-state index in [0.29, 0.717) is 38.8 Å². The van der Waals surface area contributed by atoms with Crippen molar-refractivity contribution in [2.45, 2.75) is 0 Å². The number of rotatable bonds is 2. The van der Waals surface area contributed by atoms with Crippen LogP contribution in [0.3, 0.4) is 0 Å². The van der Waals surface area contributed by atoms with Crippen molar-refractivity contribution in [1.29, 1.82) is 0 Å². The van der Waals surface area contributed by atoms with Crippen LogP contribution in [0, 0.1) is 5.82 Å². The van der Waals surface area contributed by atoms with Crippen LogP contribution in [0.25, 0.3) is 33.8 Å². The molecule has 0 aliphatic heterocycles. The van der Waals surface area contributed by atoms with E-state index in [2.05, 4.69) is 25.5 Å². The molecule has 0 unspecified atom stereocenters. The Morgan fingerprint density at radius 3 is 2.70 bits per heavy atom. The molecule has 132 valence electrons. The number of tetrazole rings is 1. The molecule has 2 N–H and O–H groups in total. The molecule has 0 atom stereocenters. The number of nitrogen functional groups attached to an aromatic ring is 1. The molecule has 1 aromatic carbocycles. The minimum atomic E-state index is -0.348. The molecule has 0 aliphatic rings. The van der Waals surface area contributed by atoms with Gasteiger partial charge in [-0.3, -0.25) is 0 Å². The number of anilines is 1. The molecule has 0 bridgehead atoms. The Hall–Kier alpha value is -3.59. The summed E-state index contributed by atoms with van der Waals surface area (Å²) in [5, 5.41) is 12.1. The molecule has 0 saturated heterocycles. The van der Waals surface area contributed by atoms with Gasteiger partial charge in [-0.1, -0.05) is 11.6 Å². The lowest BCUT2D eigenvalue weighted by Crippen LogP contribution is -2.05. The molecule has 0 aliphatic carbocycles. The second-order valence-corrected chi connectivity index (χ2v) is 6.26. The van der Waals surface area contributed by atoms with Gasteiger partial charge in [-0.2, -0.15) is 4.52 Å². The molecular weight excluding hydrogens is 371 g/mol. The predicted octanol–water partition coefficient (Wildman–Crippen LogP) is 2.88. The summed E-state index contributed by atoms with van der Waals surface area (Å²) in [5.74, 6) is -0.183. The van der Waals surface area contributed by atoms with Gasteiger partial charge in [0.15, 0.2) is 11.5 Å². The third-order valence-electron chi connectivity index (χ3n) is 4.20. The quantitative estimate of drug-likeness (QED) is 0.505. The standard InChI is InChI=1S/C17H10ClFN8/c18-12-7-10(8-26-6-5-21-16(12)26)14-13(9-1-3-11(19)4-2-9)22-15(20)17-23-24-25-27(14)17/h1-8H,(H2,20,22). The fraction of sp³-hybridized carbons (Fsp3) is 0. The number of benzene rings is 1. The SMILES string of the molecule is Nc1nc(-c2ccc(F)cc2)c(-c2cc(Cl)c3nccn3c2)n2nnnc12. The van der Waals surface area contributed by atoms with Gasteiger partial charge in [-0.25, -0.2) is 14.4 Å². The van der Waals surface area contributed by atoms with Gasteiger partial charge in [0.2, 0.25) is 5.65 Å². The first-order valence-corrected chi connectivity index (χ1v) is 8.26. The summed E-state index contributed by atoms with van der Waals surface area (Å²) in [6.45, 7) is 0. The molecule has 8 nitrogen and oxygen atoms in total. The van der Waals surface area contributed by atoms with Crippen molar-refractivity contribution >= 4 is 28.7 Å². The van der Waals surface area contributed by atoms with E-state index in [4.69, 9.17) is 17.3 Å². The third kappa shape index (κ3) is 2.40. The molecule has 0 amide bonds. The maximum Gasteiger partial charge on any atom is 0.222 e. The lowest BCUT2D eigenvalue weighted by molar-refractivity contribution is 0.628. The van der Waals surface area contributed by atoms with Gasteiger partial charge in [0.05, 0.1) is 10.7 Å². The lowest BCUT2D eigenvalue weighted by atomic mass is 10.0. The molecular formula is C17H10ClFN8. The topological polar surface area (TPSA) is 99.3 Å². The van der Waals surface area contributed by atoms with Crippen molar-refractivity contribution in [3.63, 3.8) is 0 Å². The number of nitrogens with zero attached hydrogens (tertiary/aromatic N) is 7. The summed E-state index contributed by atoms with van der Waals surface area (Å²) in [7, 11) is 0. The van der Waals surface area contributed by atoms with E-state index in [1.165, 1.54) is 16.6 Å². The average Bonchev–Trinajstić information content (AvgIpc) is 3.32. The molecule has 4 aromatic heterocycles. The Balaban J connectivity index is 1.88. The number of halogens is 2. The Kier molecular flexibility index (Phi) is 3.31. The van der Waals surface area contributed by atoms with Crippen molar-refractivity contribution in [3.8, 4) is 22.5 Å². The van der Waals surface area contributed by atoms with Crippen LogP contribution in [0.5, 0.6) is 0 Å². The highest BCUT2D eigenvalue weighted by atomic mass is 35.5. The highest BCUT2D eigenvalue weighted by molar-refractivity contribution is 6.33. The zero-order valence-electron chi connectivity index (χ0n) is 13.6. The molecule has 4 heterocycles. The molecule has 0 saturated carbocycles. The minimum absolute atomic E-state index is 0.165. The Morgan fingerprint density at radius 1 is 1.07 bits per heavy atom. The maximum absolute atomic E-state index is 13.4. The first-order chi connectivity index (χ1) is 13.1. The lowest BCUT2D eigenvalue weighted by Gasteiger charge is -2.12. The van der Waals surface area contributed by atoms with Crippen LogP contribution in [0.4, 0.5) is 10.2 Å². The van der Waals surface area contributed by atoms with E-state index in [9.17, 15) is 4.39 Å². The van der Waals surface area contributed by atoms with Gasteiger partial charge in [-0.05, 0) is 40.8 Å². The average molecular weight is 381 g/mol. The minimum Gasteiger partial charge on any atom is -0.380 e. The monoisotopic (exact) mass is 380 g/mol. The Labute approximate surface area is 156 Å². The second kappa shape index (κ2) is 5.71. The number of pyridine rings is 1. The van der Waals surface area contributed by atoms with Crippen LogP contribution >= 0.6 is 11.6 Å². The van der Waals surface area contributed by atoms with Crippen molar-refractivity contribution in [2.24, 2.45) is 0 Å². The smallest absolute Gasteiger partial charge is 0.222 e. The van der Waals surface area contributed by atoms with Gasteiger partial charge in [0.1, 0.15) is 11.5 Å². The maximum atomic E-state index is 13.4. The molecule has 10 heteroatoms. The van der Waals surface area contributed by atoms with E-state index in [1.807, 2.05) is 6.20 Å². The fourth-order valence-corrected chi connectivity index (χ4v) is 3.27. The molecule has 5 rings (SSSR count). The number of nitrogens with two attached hydrogens (primary N) is 1. The zero-order valence-corrected chi connectivity index (χ0v) is 14.3. The van der Waals surface area contributed by atoms with Crippen LogP contribution in [0.15, 0.2) is 48.9 Å². The van der Waals surface area contributed by atoms with Gasteiger partial charge >= 0.3 is 0 Å². The molecule has 0 radical (unpaired) electrons. The van der Waals surface area contributed by atoms with E-state index < -0.39 is 0 Å². The first kappa shape index (κ1) is 15.6. The zero-order chi connectivity index (χ0) is 18.5. The van der Waals surface area contributed by atoms with Gasteiger partial charge in [0.25, 0.3) is 0 Å². The van der Waals surface area contributed by atoms with Crippen molar-refractivity contribution < 1.29 is 4.39 Å². The van der Waals surface area contributed by atoms with Gasteiger partial charge in [-0.15, -0.1) is 5.10 Å². The number of aromatic nitrogens is 7. The second-order valence-electron chi connectivity index (χ2n) is 5.85. The molecule has 27 heavy (non-hydrogen) atoms. The fourth-order valence-electron chi connectivity index (χ4n) is 3.01. The summed E-state index contributed by atoms with van der Waals surface area (Å²) in [6.07, 6.45) is 5.28. The van der Waals surface area contributed by atoms with Crippen LogP contribution in [-0.2, 0) is 0 Å². The highest BCUT2D eigenvalue weighted by Gasteiger charge is 2.20. The van der Waals surface area contributed by atoms with E-state index >= 15 is 0 Å². The summed E-state index contributed by atoms with van der Waals surface area (Å²) in [4.78, 5) is 8.69. The molecule has 5 aromatic rings. The number of imidazole rings is 1.